The van der Waals surface area contributed by atoms with Crippen LogP contribution in [0.5, 0.6) is 11.5 Å². The van der Waals surface area contributed by atoms with Crippen LogP contribution in [-0.2, 0) is 4.79 Å². The lowest BCUT2D eigenvalue weighted by molar-refractivity contribution is -0.123. The maximum atomic E-state index is 14.3. The van der Waals surface area contributed by atoms with Crippen LogP contribution < -0.4 is 31.2 Å². The van der Waals surface area contributed by atoms with Crippen LogP contribution in [0.1, 0.15) is 77.7 Å². The van der Waals surface area contributed by atoms with Crippen LogP contribution in [0.4, 0.5) is 11.4 Å². The van der Waals surface area contributed by atoms with Crippen molar-refractivity contribution in [2.45, 2.75) is 58.0 Å². The maximum absolute atomic E-state index is 14.3. The normalized spacial score (nSPS) is 14.2. The Bertz CT molecular complexity index is 1340. The highest BCUT2D eigenvalue weighted by Gasteiger charge is 2.38. The highest BCUT2D eigenvalue weighted by molar-refractivity contribution is 7.09. The molecule has 0 aliphatic heterocycles. The fourth-order valence-electron chi connectivity index (χ4n) is 4.90. The first-order valence-corrected chi connectivity index (χ1v) is 14.3. The molecule has 0 bridgehead atoms. The molecule has 40 heavy (non-hydrogen) atoms. The van der Waals surface area contributed by atoms with E-state index in [1.807, 2.05) is 13.8 Å². The van der Waals surface area contributed by atoms with E-state index in [1.165, 1.54) is 4.90 Å². The molecule has 11 heteroatoms. The molecule has 1 atom stereocenters. The average molecular weight is 566 g/mol. The van der Waals surface area contributed by atoms with Gasteiger partial charge in [0.2, 0.25) is 5.91 Å². The number of primary amides is 1. The zero-order chi connectivity index (χ0) is 28.6. The average Bonchev–Trinajstić information content (AvgIpc) is 3.35. The van der Waals surface area contributed by atoms with Crippen LogP contribution in [0.25, 0.3) is 0 Å². The molecule has 4 rings (SSSR count). The summed E-state index contributed by atoms with van der Waals surface area (Å²) in [4.78, 5) is 41.7. The number of amides is 3. The van der Waals surface area contributed by atoms with E-state index >= 15 is 0 Å². The van der Waals surface area contributed by atoms with Gasteiger partial charge < -0.3 is 26.3 Å². The van der Waals surface area contributed by atoms with Gasteiger partial charge in [-0.15, -0.1) is 0 Å². The van der Waals surface area contributed by atoms with Crippen molar-refractivity contribution in [1.29, 1.82) is 0 Å². The molecule has 5 N–H and O–H groups in total. The third kappa shape index (κ3) is 6.36. The summed E-state index contributed by atoms with van der Waals surface area (Å²) >= 11 is 0.764. The molecule has 2 aromatic carbocycles. The highest BCUT2D eigenvalue weighted by Crippen LogP contribution is 2.38. The Hall–Kier alpha value is -4.12. The second kappa shape index (κ2) is 13.3. The number of benzene rings is 2. The lowest BCUT2D eigenvalue weighted by Crippen LogP contribution is -2.47. The summed E-state index contributed by atoms with van der Waals surface area (Å²) in [5.74, 6) is -0.727. The van der Waals surface area contributed by atoms with Crippen molar-refractivity contribution in [2.24, 2.45) is 5.73 Å². The molecule has 212 valence electrons. The van der Waals surface area contributed by atoms with Crippen LogP contribution in [0.2, 0.25) is 0 Å². The summed E-state index contributed by atoms with van der Waals surface area (Å²) in [6.45, 7) is 4.56. The number of aromatic nitrogens is 1. The highest BCUT2D eigenvalue weighted by atomic mass is 32.1. The van der Waals surface area contributed by atoms with Crippen LogP contribution in [-0.4, -0.2) is 41.4 Å². The molecule has 1 fully saturated rings. The van der Waals surface area contributed by atoms with E-state index in [9.17, 15) is 14.4 Å². The van der Waals surface area contributed by atoms with Gasteiger partial charge in [0.15, 0.2) is 5.69 Å². The number of hydrogen-bond acceptors (Lipinski definition) is 8. The first-order chi connectivity index (χ1) is 19.3. The number of nitrogen functional groups attached to an aromatic ring is 1. The number of nitrogens with two attached hydrogens (primary N) is 2. The number of rotatable bonds is 11. The molecule has 1 unspecified atom stereocenters. The summed E-state index contributed by atoms with van der Waals surface area (Å²) in [5.41, 5.74) is 12.2. The van der Waals surface area contributed by atoms with Crippen LogP contribution in [0, 0.1) is 0 Å². The van der Waals surface area contributed by atoms with Gasteiger partial charge in [0, 0.05) is 6.04 Å². The minimum Gasteiger partial charge on any atom is -0.494 e. The van der Waals surface area contributed by atoms with Gasteiger partial charge in [0.05, 0.1) is 24.6 Å². The van der Waals surface area contributed by atoms with Crippen molar-refractivity contribution >= 4 is 40.6 Å². The Morgan fingerprint density at radius 2 is 1.70 bits per heavy atom. The SMILES string of the molecule is CCOc1ccc(C(C(=O)NC2CCCCC2)N(C(=O)c2snc(C(N)=O)c2N)c2ccccc2OCC)cc1. The molecule has 1 aliphatic rings. The second-order valence-corrected chi connectivity index (χ2v) is 10.2. The number of hydrogen-bond donors (Lipinski definition) is 3. The number of para-hydroxylation sites is 2. The minimum absolute atomic E-state index is 0.000439. The van der Waals surface area contributed by atoms with E-state index in [0.29, 0.717) is 36.0 Å². The van der Waals surface area contributed by atoms with Crippen molar-refractivity contribution in [1.82, 2.24) is 9.69 Å². The van der Waals surface area contributed by atoms with Crippen molar-refractivity contribution in [2.75, 3.05) is 23.8 Å². The Kier molecular flexibility index (Phi) is 9.60. The molecule has 1 saturated carbocycles. The predicted octanol–water partition coefficient (Wildman–Crippen LogP) is 4.46. The first-order valence-electron chi connectivity index (χ1n) is 13.5. The first kappa shape index (κ1) is 28.9. The lowest BCUT2D eigenvalue weighted by Gasteiger charge is -2.34. The number of anilines is 2. The Balaban J connectivity index is 1.87. The third-order valence-electron chi connectivity index (χ3n) is 6.76. The summed E-state index contributed by atoms with van der Waals surface area (Å²) in [5, 5.41) is 3.18. The van der Waals surface area contributed by atoms with E-state index in [-0.39, 0.29) is 28.2 Å². The molecule has 3 amide bonds. The van der Waals surface area contributed by atoms with Crippen LogP contribution in [0.3, 0.4) is 0 Å². The number of carbonyl (C=O) groups is 3. The molecular formula is C29H35N5O5S. The summed E-state index contributed by atoms with van der Waals surface area (Å²) in [6.07, 6.45) is 4.93. The zero-order valence-corrected chi connectivity index (χ0v) is 23.5. The van der Waals surface area contributed by atoms with Crippen LogP contribution >= 0.6 is 11.5 Å². The molecule has 0 spiro atoms. The van der Waals surface area contributed by atoms with Gasteiger partial charge >= 0.3 is 0 Å². The standard InChI is InChI=1S/C29H35N5O5S/c1-3-38-20-16-14-18(15-17-20)25(28(36)32-19-10-6-5-7-11-19)34(21-12-8-9-13-22(21)39-4-2)29(37)26-23(30)24(27(31)35)33-40-26/h8-9,12-17,19,25H,3-7,10-11,30H2,1-2H3,(H2,31,35)(H,32,36). The van der Waals surface area contributed by atoms with E-state index in [1.54, 1.807) is 48.5 Å². The Morgan fingerprint density at radius 1 is 1.02 bits per heavy atom. The molecule has 1 aromatic heterocycles. The van der Waals surface area contributed by atoms with Gasteiger partial charge in [-0.1, -0.05) is 43.5 Å². The monoisotopic (exact) mass is 565 g/mol. The van der Waals surface area contributed by atoms with E-state index in [0.717, 1.165) is 43.6 Å². The fourth-order valence-corrected chi connectivity index (χ4v) is 5.64. The second-order valence-electron chi connectivity index (χ2n) is 9.46. The van der Waals surface area contributed by atoms with Crippen LogP contribution in [0.15, 0.2) is 48.5 Å². The Labute approximate surface area is 237 Å². The van der Waals surface area contributed by atoms with Gasteiger partial charge in [-0.05, 0) is 68.1 Å². The van der Waals surface area contributed by atoms with E-state index in [2.05, 4.69) is 9.69 Å². The lowest BCUT2D eigenvalue weighted by atomic mass is 9.94. The largest absolute Gasteiger partial charge is 0.494 e. The number of nitrogens with one attached hydrogen (secondary N) is 1. The molecule has 0 radical (unpaired) electrons. The predicted molar refractivity (Wildman–Crippen MR) is 155 cm³/mol. The smallest absolute Gasteiger partial charge is 0.273 e. The molecule has 1 aliphatic carbocycles. The van der Waals surface area contributed by atoms with E-state index < -0.39 is 17.9 Å². The quantitative estimate of drug-likeness (QED) is 0.311. The number of carbonyl (C=O) groups excluding carboxylic acids is 3. The zero-order valence-electron chi connectivity index (χ0n) is 22.7. The third-order valence-corrected chi connectivity index (χ3v) is 7.61. The molecule has 0 saturated heterocycles. The van der Waals surface area contributed by atoms with Crippen molar-refractivity contribution in [3.63, 3.8) is 0 Å². The van der Waals surface area contributed by atoms with Crippen molar-refractivity contribution in [3.05, 3.63) is 64.7 Å². The van der Waals surface area contributed by atoms with Gasteiger partial charge in [0.1, 0.15) is 22.4 Å². The maximum Gasteiger partial charge on any atom is 0.273 e. The molecule has 3 aromatic rings. The topological polar surface area (TPSA) is 150 Å². The minimum atomic E-state index is -1.09. The van der Waals surface area contributed by atoms with Gasteiger partial charge in [-0.3, -0.25) is 19.3 Å². The number of ether oxygens (including phenoxy) is 2. The number of nitrogens with zero attached hydrogens (tertiary/aromatic N) is 2. The summed E-state index contributed by atoms with van der Waals surface area (Å²) in [7, 11) is 0. The van der Waals surface area contributed by atoms with Gasteiger partial charge in [-0.25, -0.2) is 0 Å². The Morgan fingerprint density at radius 3 is 2.33 bits per heavy atom. The molecule has 10 nitrogen and oxygen atoms in total. The van der Waals surface area contributed by atoms with Crippen molar-refractivity contribution < 1.29 is 23.9 Å². The summed E-state index contributed by atoms with van der Waals surface area (Å²) in [6, 6.07) is 13.0. The van der Waals surface area contributed by atoms with Gasteiger partial charge in [0.25, 0.3) is 11.8 Å². The fraction of sp³-hybridized carbons (Fsp3) is 0.379. The van der Waals surface area contributed by atoms with Gasteiger partial charge in [-0.2, -0.15) is 4.37 Å². The molecular weight excluding hydrogens is 530 g/mol. The van der Waals surface area contributed by atoms with Crippen molar-refractivity contribution in [3.8, 4) is 11.5 Å². The van der Waals surface area contributed by atoms with E-state index in [4.69, 9.17) is 20.9 Å². The molecule has 1 heterocycles. The summed E-state index contributed by atoms with van der Waals surface area (Å²) < 4.78 is 15.5.